The van der Waals surface area contributed by atoms with E-state index in [1.807, 2.05) is 13.0 Å². The summed E-state index contributed by atoms with van der Waals surface area (Å²) in [4.78, 5) is 14.6. The Kier molecular flexibility index (Phi) is 3.76. The van der Waals surface area contributed by atoms with E-state index >= 15 is 0 Å². The van der Waals surface area contributed by atoms with E-state index in [2.05, 4.69) is 20.3 Å². The zero-order valence-electron chi connectivity index (χ0n) is 13.5. The number of nitrogens with one attached hydrogen (secondary N) is 1. The minimum absolute atomic E-state index is 0.219. The zero-order valence-corrected chi connectivity index (χ0v) is 14.3. The Bertz CT molecular complexity index is 902. The fourth-order valence-electron chi connectivity index (χ4n) is 2.56. The van der Waals surface area contributed by atoms with Crippen molar-refractivity contribution in [3.8, 4) is 10.6 Å². The number of benzene rings is 1. The van der Waals surface area contributed by atoms with Crippen LogP contribution in [0, 0.1) is 19.7 Å². The summed E-state index contributed by atoms with van der Waals surface area (Å²) < 4.78 is 13.4. The molecule has 0 amide bonds. The third-order valence-electron chi connectivity index (χ3n) is 4.04. The van der Waals surface area contributed by atoms with Crippen molar-refractivity contribution in [2.24, 2.45) is 0 Å². The molecular formula is C18H17FN4S. The molecule has 1 saturated carbocycles. The van der Waals surface area contributed by atoms with Gasteiger partial charge in [-0.05, 0) is 56.5 Å². The molecule has 1 aliphatic carbocycles. The molecule has 0 atom stereocenters. The van der Waals surface area contributed by atoms with Crippen molar-refractivity contribution in [2.75, 3.05) is 5.32 Å². The van der Waals surface area contributed by atoms with E-state index in [1.165, 1.54) is 23.9 Å². The fourth-order valence-corrected chi connectivity index (χ4v) is 3.76. The number of nitrogens with zero attached hydrogens (tertiary/aromatic N) is 3. The Labute approximate surface area is 143 Å². The molecule has 4 nitrogen and oxygen atoms in total. The molecule has 6 heteroatoms. The molecular weight excluding hydrogens is 323 g/mol. The number of hydrogen-bond donors (Lipinski definition) is 1. The highest BCUT2D eigenvalue weighted by Crippen LogP contribution is 2.44. The summed E-state index contributed by atoms with van der Waals surface area (Å²) in [6.07, 6.45) is 4.22. The largest absolute Gasteiger partial charge is 0.324 e. The summed E-state index contributed by atoms with van der Waals surface area (Å²) in [5.74, 6) is 0.923. The van der Waals surface area contributed by atoms with Gasteiger partial charge in [-0.15, -0.1) is 11.3 Å². The van der Waals surface area contributed by atoms with Gasteiger partial charge >= 0.3 is 0 Å². The lowest BCUT2D eigenvalue weighted by Crippen LogP contribution is -1.98. The Morgan fingerprint density at radius 2 is 2.00 bits per heavy atom. The normalized spacial score (nSPS) is 14.0. The van der Waals surface area contributed by atoms with E-state index in [0.29, 0.717) is 17.4 Å². The van der Waals surface area contributed by atoms with Gasteiger partial charge in [0, 0.05) is 17.8 Å². The van der Waals surface area contributed by atoms with Gasteiger partial charge in [0.05, 0.1) is 21.3 Å². The summed E-state index contributed by atoms with van der Waals surface area (Å²) in [6.45, 7) is 3.76. The molecule has 24 heavy (non-hydrogen) atoms. The number of halogens is 1. The summed E-state index contributed by atoms with van der Waals surface area (Å²) in [7, 11) is 0. The van der Waals surface area contributed by atoms with Gasteiger partial charge in [-0.1, -0.05) is 0 Å². The second-order valence-electron chi connectivity index (χ2n) is 6.10. The highest BCUT2D eigenvalue weighted by atomic mass is 32.1. The second-order valence-corrected chi connectivity index (χ2v) is 7.13. The van der Waals surface area contributed by atoms with Gasteiger partial charge in [-0.25, -0.2) is 19.3 Å². The van der Waals surface area contributed by atoms with Crippen LogP contribution >= 0.6 is 11.3 Å². The molecule has 0 unspecified atom stereocenters. The van der Waals surface area contributed by atoms with Crippen LogP contribution in [0.4, 0.5) is 16.0 Å². The van der Waals surface area contributed by atoms with Crippen molar-refractivity contribution in [3.05, 3.63) is 52.5 Å². The van der Waals surface area contributed by atoms with Crippen molar-refractivity contribution >= 4 is 23.0 Å². The Balaban J connectivity index is 1.62. The van der Waals surface area contributed by atoms with Crippen LogP contribution in [0.25, 0.3) is 10.6 Å². The summed E-state index contributed by atoms with van der Waals surface area (Å²) in [5, 5.41) is 4.35. The van der Waals surface area contributed by atoms with Crippen LogP contribution in [0.15, 0.2) is 30.5 Å². The van der Waals surface area contributed by atoms with Gasteiger partial charge in [0.25, 0.3) is 0 Å². The molecule has 1 N–H and O–H groups in total. The van der Waals surface area contributed by atoms with Crippen LogP contribution in [0.3, 0.4) is 0 Å². The molecule has 1 fully saturated rings. The summed E-state index contributed by atoms with van der Waals surface area (Å²) in [5.41, 5.74) is 3.24. The number of aromatic nitrogens is 3. The molecule has 2 aromatic heterocycles. The van der Waals surface area contributed by atoms with Gasteiger partial charge in [0.1, 0.15) is 5.82 Å². The van der Waals surface area contributed by atoms with Crippen molar-refractivity contribution in [3.63, 3.8) is 0 Å². The van der Waals surface area contributed by atoms with Crippen LogP contribution < -0.4 is 5.32 Å². The van der Waals surface area contributed by atoms with Crippen molar-refractivity contribution in [1.29, 1.82) is 0 Å². The smallest absolute Gasteiger partial charge is 0.227 e. The molecule has 0 bridgehead atoms. The van der Waals surface area contributed by atoms with Crippen molar-refractivity contribution in [2.45, 2.75) is 32.6 Å². The van der Waals surface area contributed by atoms with Crippen molar-refractivity contribution < 1.29 is 4.39 Å². The number of rotatable bonds is 4. The quantitative estimate of drug-likeness (QED) is 0.728. The molecule has 4 rings (SSSR count). The van der Waals surface area contributed by atoms with Gasteiger partial charge in [-0.2, -0.15) is 0 Å². The van der Waals surface area contributed by atoms with E-state index in [-0.39, 0.29) is 5.82 Å². The SMILES string of the molecule is Cc1cc(Nc2nccc(-c3sc(C4CC4)nc3C)n2)ccc1F. The van der Waals surface area contributed by atoms with E-state index in [9.17, 15) is 4.39 Å². The second kappa shape index (κ2) is 5.94. The summed E-state index contributed by atoms with van der Waals surface area (Å²) >= 11 is 1.72. The van der Waals surface area contributed by atoms with Gasteiger partial charge in [-0.3, -0.25) is 0 Å². The molecule has 0 aliphatic heterocycles. The van der Waals surface area contributed by atoms with E-state index in [1.54, 1.807) is 36.6 Å². The number of anilines is 2. The first-order chi connectivity index (χ1) is 11.6. The average molecular weight is 340 g/mol. The lowest BCUT2D eigenvalue weighted by Gasteiger charge is -2.07. The van der Waals surface area contributed by atoms with Crippen LogP contribution in [-0.2, 0) is 0 Å². The number of thiazole rings is 1. The number of aryl methyl sites for hydroxylation is 2. The lowest BCUT2D eigenvalue weighted by molar-refractivity contribution is 0.619. The standard InChI is InChI=1S/C18H17FN4S/c1-10-9-13(5-6-14(10)19)22-18-20-8-7-15(23-18)16-11(2)21-17(24-16)12-3-4-12/h5-9,12H,3-4H2,1-2H3,(H,20,22,23). The van der Waals surface area contributed by atoms with Crippen LogP contribution in [0.5, 0.6) is 0 Å². The third-order valence-corrected chi connectivity index (χ3v) is 5.38. The first-order valence-corrected chi connectivity index (χ1v) is 8.76. The molecule has 1 aromatic carbocycles. The molecule has 3 aromatic rings. The molecule has 0 spiro atoms. The molecule has 122 valence electrons. The predicted molar refractivity (Wildman–Crippen MR) is 94.3 cm³/mol. The highest BCUT2D eigenvalue weighted by molar-refractivity contribution is 7.15. The van der Waals surface area contributed by atoms with E-state index in [0.717, 1.165) is 22.0 Å². The molecule has 0 saturated heterocycles. The fraction of sp³-hybridized carbons (Fsp3) is 0.278. The maximum Gasteiger partial charge on any atom is 0.227 e. The number of hydrogen-bond acceptors (Lipinski definition) is 5. The Hall–Kier alpha value is -2.34. The maximum atomic E-state index is 13.4. The molecule has 1 aliphatic rings. The minimum atomic E-state index is -0.219. The van der Waals surface area contributed by atoms with Crippen molar-refractivity contribution in [1.82, 2.24) is 15.0 Å². The third kappa shape index (κ3) is 3.01. The maximum absolute atomic E-state index is 13.4. The highest BCUT2D eigenvalue weighted by Gasteiger charge is 2.28. The lowest BCUT2D eigenvalue weighted by atomic mass is 10.2. The average Bonchev–Trinajstić information content (AvgIpc) is 3.34. The van der Waals surface area contributed by atoms with E-state index in [4.69, 9.17) is 0 Å². The first kappa shape index (κ1) is 15.2. The van der Waals surface area contributed by atoms with E-state index < -0.39 is 0 Å². The predicted octanol–water partition coefficient (Wildman–Crippen LogP) is 4.98. The Morgan fingerprint density at radius 3 is 2.75 bits per heavy atom. The van der Waals surface area contributed by atoms with Gasteiger partial charge in [0.15, 0.2) is 0 Å². The first-order valence-electron chi connectivity index (χ1n) is 7.94. The topological polar surface area (TPSA) is 50.7 Å². The monoisotopic (exact) mass is 340 g/mol. The van der Waals surface area contributed by atoms with Crippen LogP contribution in [0.2, 0.25) is 0 Å². The summed E-state index contributed by atoms with van der Waals surface area (Å²) in [6, 6.07) is 6.77. The molecule has 2 heterocycles. The Morgan fingerprint density at radius 1 is 1.17 bits per heavy atom. The van der Waals surface area contributed by atoms with Crippen LogP contribution in [0.1, 0.15) is 35.0 Å². The van der Waals surface area contributed by atoms with Crippen LogP contribution in [-0.4, -0.2) is 15.0 Å². The van der Waals surface area contributed by atoms with Gasteiger partial charge in [0.2, 0.25) is 5.95 Å². The van der Waals surface area contributed by atoms with Gasteiger partial charge < -0.3 is 5.32 Å². The minimum Gasteiger partial charge on any atom is -0.324 e. The molecule has 0 radical (unpaired) electrons. The zero-order chi connectivity index (χ0) is 16.7.